The molecule has 5 nitrogen and oxygen atoms in total. The van der Waals surface area contributed by atoms with Crippen molar-refractivity contribution in [1.29, 1.82) is 0 Å². The number of hydrogen-bond acceptors (Lipinski definition) is 3. The minimum absolute atomic E-state index is 0.0298. The van der Waals surface area contributed by atoms with Gasteiger partial charge >= 0.3 is 0 Å². The van der Waals surface area contributed by atoms with Gasteiger partial charge in [-0.25, -0.2) is 8.42 Å². The second-order valence-electron chi connectivity index (χ2n) is 6.49. The molecule has 1 N–H and O–H groups in total. The van der Waals surface area contributed by atoms with Crippen molar-refractivity contribution < 1.29 is 13.2 Å². The molecule has 2 heterocycles. The lowest BCUT2D eigenvalue weighted by Crippen LogP contribution is -2.33. The zero-order chi connectivity index (χ0) is 16.6. The molecular formula is C17H22N2O3S. The number of para-hydroxylation sites is 1. The highest BCUT2D eigenvalue weighted by Gasteiger charge is 2.29. The number of rotatable bonds is 4. The fraction of sp³-hybridized carbons (Fsp3) is 0.471. The van der Waals surface area contributed by atoms with Crippen molar-refractivity contribution >= 4 is 26.6 Å². The summed E-state index contributed by atoms with van der Waals surface area (Å²) in [4.78, 5) is 17.5. The van der Waals surface area contributed by atoms with Gasteiger partial charge in [-0.1, -0.05) is 18.2 Å². The molecule has 0 spiro atoms. The minimum Gasteiger partial charge on any atom is -0.358 e. The molecule has 0 unspecified atom stereocenters. The molecule has 124 valence electrons. The highest BCUT2D eigenvalue weighted by atomic mass is 32.2. The number of carbonyl (C=O) groups is 1. The molecular weight excluding hydrogens is 312 g/mol. The third kappa shape index (κ3) is 3.42. The number of hydrogen-bond donors (Lipinski definition) is 1. The van der Waals surface area contributed by atoms with Crippen molar-refractivity contribution in [2.75, 3.05) is 25.1 Å². The summed E-state index contributed by atoms with van der Waals surface area (Å²) in [5, 5.41) is 1.08. The number of likely N-dealkylation sites (N-methyl/N-ethyl adjacent to an activating group) is 1. The van der Waals surface area contributed by atoms with Crippen molar-refractivity contribution in [3.63, 3.8) is 0 Å². The molecule has 1 aliphatic heterocycles. The number of carbonyl (C=O) groups excluding carboxylic acids is 1. The molecule has 1 fully saturated rings. The predicted molar refractivity (Wildman–Crippen MR) is 91.1 cm³/mol. The Morgan fingerprint density at radius 1 is 1.35 bits per heavy atom. The van der Waals surface area contributed by atoms with Crippen LogP contribution in [0.3, 0.4) is 0 Å². The summed E-state index contributed by atoms with van der Waals surface area (Å²) < 4.78 is 23.1. The van der Waals surface area contributed by atoms with Gasteiger partial charge in [-0.05, 0) is 30.9 Å². The van der Waals surface area contributed by atoms with E-state index in [4.69, 9.17) is 0 Å². The van der Waals surface area contributed by atoms with Crippen molar-refractivity contribution in [1.82, 2.24) is 9.88 Å². The normalized spacial score (nSPS) is 20.0. The monoisotopic (exact) mass is 334 g/mol. The fourth-order valence-electron chi connectivity index (χ4n) is 3.35. The Hall–Kier alpha value is -1.82. The van der Waals surface area contributed by atoms with Gasteiger partial charge < -0.3 is 9.88 Å². The van der Waals surface area contributed by atoms with Crippen molar-refractivity contribution in [2.24, 2.45) is 5.92 Å². The lowest BCUT2D eigenvalue weighted by atomic mass is 10.1. The Balaban J connectivity index is 1.69. The van der Waals surface area contributed by atoms with E-state index in [-0.39, 0.29) is 23.3 Å². The maximum atomic E-state index is 12.5. The van der Waals surface area contributed by atoms with Crippen LogP contribution < -0.4 is 0 Å². The number of aryl methyl sites for hydroxylation is 1. The second-order valence-corrected chi connectivity index (χ2v) is 8.72. The molecule has 1 atom stereocenters. The van der Waals surface area contributed by atoms with Crippen LogP contribution in [0.1, 0.15) is 17.7 Å². The van der Waals surface area contributed by atoms with Gasteiger partial charge in [0.1, 0.15) is 0 Å². The molecule has 3 rings (SSSR count). The first-order valence-corrected chi connectivity index (χ1v) is 9.68. The van der Waals surface area contributed by atoms with Crippen LogP contribution in [-0.2, 0) is 21.1 Å². The van der Waals surface area contributed by atoms with Crippen LogP contribution in [0.2, 0.25) is 0 Å². The zero-order valence-electron chi connectivity index (χ0n) is 13.5. The van der Waals surface area contributed by atoms with Gasteiger partial charge in [0.2, 0.25) is 5.91 Å². The van der Waals surface area contributed by atoms with Gasteiger partial charge in [0, 0.05) is 30.2 Å². The molecule has 0 aliphatic carbocycles. The smallest absolute Gasteiger partial charge is 0.226 e. The Kier molecular flexibility index (Phi) is 4.19. The van der Waals surface area contributed by atoms with Crippen LogP contribution in [0.4, 0.5) is 0 Å². The Labute approximate surface area is 136 Å². The van der Waals surface area contributed by atoms with E-state index in [0.717, 1.165) is 22.2 Å². The molecule has 1 amide bonds. The number of nitrogens with zero attached hydrogens (tertiary/aromatic N) is 1. The molecule has 23 heavy (non-hydrogen) atoms. The van der Waals surface area contributed by atoms with Crippen LogP contribution in [0.15, 0.2) is 24.3 Å². The van der Waals surface area contributed by atoms with Crippen LogP contribution >= 0.6 is 0 Å². The van der Waals surface area contributed by atoms with Gasteiger partial charge in [0.05, 0.1) is 17.9 Å². The van der Waals surface area contributed by atoms with E-state index in [9.17, 15) is 13.2 Å². The molecule has 0 radical (unpaired) electrons. The number of sulfone groups is 1. The largest absolute Gasteiger partial charge is 0.358 e. The second kappa shape index (κ2) is 6.00. The summed E-state index contributed by atoms with van der Waals surface area (Å²) in [7, 11) is -1.13. The molecule has 1 aromatic carbocycles. The van der Waals surface area contributed by atoms with E-state index in [1.165, 1.54) is 0 Å². The summed E-state index contributed by atoms with van der Waals surface area (Å²) >= 11 is 0. The van der Waals surface area contributed by atoms with Crippen LogP contribution in [0.25, 0.3) is 10.9 Å². The number of aromatic amines is 1. The average molecular weight is 334 g/mol. The Bertz CT molecular complexity index is 839. The summed E-state index contributed by atoms with van der Waals surface area (Å²) in [5.41, 5.74) is 3.07. The van der Waals surface area contributed by atoms with Crippen LogP contribution in [-0.4, -0.2) is 49.3 Å². The summed E-state index contributed by atoms with van der Waals surface area (Å²) in [5.74, 6) is 0.554. The highest BCUT2D eigenvalue weighted by Crippen LogP contribution is 2.23. The molecule has 1 aromatic heterocycles. The number of H-pyrrole nitrogens is 1. The SMILES string of the molecule is Cc1[nH]c2ccccc2c1CC(=O)N(C)C[C@@H]1CCS(=O)(=O)C1. The quantitative estimate of drug-likeness (QED) is 0.928. The maximum Gasteiger partial charge on any atom is 0.226 e. The number of nitrogens with one attached hydrogen (secondary N) is 1. The highest BCUT2D eigenvalue weighted by molar-refractivity contribution is 7.91. The molecule has 1 saturated heterocycles. The first kappa shape index (κ1) is 16.1. The number of benzene rings is 1. The van der Waals surface area contributed by atoms with Crippen LogP contribution in [0, 0.1) is 12.8 Å². The zero-order valence-corrected chi connectivity index (χ0v) is 14.3. The summed E-state index contributed by atoms with van der Waals surface area (Å²) in [6.45, 7) is 2.49. The van der Waals surface area contributed by atoms with Crippen molar-refractivity contribution in [3.05, 3.63) is 35.5 Å². The Morgan fingerprint density at radius 2 is 2.09 bits per heavy atom. The van der Waals surface area contributed by atoms with E-state index >= 15 is 0 Å². The standard InChI is InChI=1S/C17H22N2O3S/c1-12-15(14-5-3-4-6-16(14)18-12)9-17(20)19(2)10-13-7-8-23(21,22)11-13/h3-6,13,18H,7-11H2,1-2H3/t13-/m0/s1. The van der Waals surface area contributed by atoms with Gasteiger partial charge in [-0.2, -0.15) is 0 Å². The topological polar surface area (TPSA) is 70.2 Å². The van der Waals surface area contributed by atoms with Gasteiger partial charge in [0.15, 0.2) is 9.84 Å². The molecule has 1 aliphatic rings. The van der Waals surface area contributed by atoms with Gasteiger partial charge in [-0.15, -0.1) is 0 Å². The van der Waals surface area contributed by atoms with Crippen molar-refractivity contribution in [2.45, 2.75) is 19.8 Å². The van der Waals surface area contributed by atoms with E-state index in [1.54, 1.807) is 11.9 Å². The van der Waals surface area contributed by atoms with E-state index < -0.39 is 9.84 Å². The van der Waals surface area contributed by atoms with E-state index in [2.05, 4.69) is 4.98 Å². The lowest BCUT2D eigenvalue weighted by molar-refractivity contribution is -0.129. The average Bonchev–Trinajstić information content (AvgIpc) is 2.99. The maximum absolute atomic E-state index is 12.5. The van der Waals surface area contributed by atoms with Crippen molar-refractivity contribution in [3.8, 4) is 0 Å². The van der Waals surface area contributed by atoms with E-state index in [1.807, 2.05) is 31.2 Å². The number of amides is 1. The fourth-order valence-corrected chi connectivity index (χ4v) is 5.20. The van der Waals surface area contributed by atoms with Gasteiger partial charge in [-0.3, -0.25) is 4.79 Å². The predicted octanol–water partition coefficient (Wildman–Crippen LogP) is 1.91. The molecule has 2 aromatic rings. The lowest BCUT2D eigenvalue weighted by Gasteiger charge is -2.20. The van der Waals surface area contributed by atoms with E-state index in [0.29, 0.717) is 19.4 Å². The third-order valence-electron chi connectivity index (χ3n) is 4.64. The molecule has 0 bridgehead atoms. The first-order valence-electron chi connectivity index (χ1n) is 7.86. The number of fused-ring (bicyclic) bond motifs is 1. The first-order chi connectivity index (χ1) is 10.9. The summed E-state index contributed by atoms with van der Waals surface area (Å²) in [6.07, 6.45) is 0.998. The Morgan fingerprint density at radius 3 is 2.78 bits per heavy atom. The number of aromatic nitrogens is 1. The minimum atomic E-state index is -2.90. The third-order valence-corrected chi connectivity index (χ3v) is 6.48. The van der Waals surface area contributed by atoms with Gasteiger partial charge in [0.25, 0.3) is 0 Å². The molecule has 6 heteroatoms. The summed E-state index contributed by atoms with van der Waals surface area (Å²) in [6, 6.07) is 7.96. The molecule has 0 saturated carbocycles. The van der Waals surface area contributed by atoms with Crippen LogP contribution in [0.5, 0.6) is 0 Å².